The van der Waals surface area contributed by atoms with Crippen molar-refractivity contribution < 1.29 is 58.2 Å². The Bertz CT molecular complexity index is 354. The number of halogens is 2. The molecule has 0 aromatic heterocycles. The summed E-state index contributed by atoms with van der Waals surface area (Å²) in [6.45, 7) is 9.15. The molecule has 23 heavy (non-hydrogen) atoms. The van der Waals surface area contributed by atoms with Crippen molar-refractivity contribution in [3.8, 4) is 0 Å². The zero-order chi connectivity index (χ0) is 16.0. The molecule has 0 aliphatic rings. The summed E-state index contributed by atoms with van der Waals surface area (Å²) in [5.41, 5.74) is 0. The summed E-state index contributed by atoms with van der Waals surface area (Å²) in [5, 5.41) is 0. The molecule has 0 fully saturated rings. The summed E-state index contributed by atoms with van der Waals surface area (Å²) >= 11 is 1.40. The van der Waals surface area contributed by atoms with Crippen molar-refractivity contribution in [2.24, 2.45) is 0 Å². The standard InChI is InChI=1S/C7H16O2Si.2C5H5.2ClH.Zr/c1-6-8-7(2)9-10(3,4)5;2*1-2-4-5-3-1;;;/h1,7H,6H2,2-5H3;2*1-5H;2*1H;/q;2*-1;;;+2/p-2. The van der Waals surface area contributed by atoms with Crippen molar-refractivity contribution in [1.82, 2.24) is 0 Å². The van der Waals surface area contributed by atoms with E-state index >= 15 is 0 Å². The summed E-state index contributed by atoms with van der Waals surface area (Å²) in [6, 6.07) is 20.0. The average molecular weight is 453 g/mol. The van der Waals surface area contributed by atoms with E-state index in [0.717, 1.165) is 0 Å². The molecule has 1 unspecified atom stereocenters. The molecule has 1 atom stereocenters. The molecular weight excluding hydrogens is 426 g/mol. The summed E-state index contributed by atoms with van der Waals surface area (Å²) < 4.78 is 13.1. The molecule has 6 heteroatoms. The fourth-order valence-corrected chi connectivity index (χ4v) is 2.66. The largest absolute Gasteiger partial charge is 1.00 e. The van der Waals surface area contributed by atoms with Gasteiger partial charge < -0.3 is 24.8 Å². The normalized spacial score (nSPS) is 10.5. The van der Waals surface area contributed by atoms with Crippen LogP contribution in [0.15, 0.2) is 60.7 Å². The molecular formula is C17H26Cl2O2SiZr-2. The molecule has 0 N–H and O–H groups in total. The van der Waals surface area contributed by atoms with E-state index in [2.05, 4.69) is 23.3 Å². The molecule has 0 radical (unpaired) electrons. The second-order valence-electron chi connectivity index (χ2n) is 5.26. The van der Waals surface area contributed by atoms with Gasteiger partial charge in [-0.25, -0.2) is 24.3 Å². The van der Waals surface area contributed by atoms with Gasteiger partial charge in [0.05, 0.1) is 0 Å². The van der Waals surface area contributed by atoms with Crippen molar-refractivity contribution in [3.05, 3.63) is 60.7 Å². The van der Waals surface area contributed by atoms with Crippen LogP contribution in [0, 0.1) is 0 Å². The summed E-state index contributed by atoms with van der Waals surface area (Å²) in [6.07, 6.45) is -0.0431. The third-order valence-electron chi connectivity index (χ3n) is 2.04. The molecule has 2 aromatic carbocycles. The Kier molecular flexibility index (Phi) is 22.5. The van der Waals surface area contributed by atoms with Gasteiger partial charge in [0, 0.05) is 0 Å². The van der Waals surface area contributed by atoms with Gasteiger partial charge in [0.25, 0.3) is 0 Å². The summed E-state index contributed by atoms with van der Waals surface area (Å²) in [4.78, 5) is 0. The van der Waals surface area contributed by atoms with Crippen molar-refractivity contribution in [3.63, 3.8) is 0 Å². The predicted octanol–water partition coefficient (Wildman–Crippen LogP) is -1.63. The average Bonchev–Trinajstić information content (AvgIpc) is 3.10. The number of rotatable bonds is 5. The number of hydrogen-bond acceptors (Lipinski definition) is 2. The van der Waals surface area contributed by atoms with Gasteiger partial charge in [0.15, 0.2) is 0 Å². The van der Waals surface area contributed by atoms with Crippen LogP contribution >= 0.6 is 0 Å². The van der Waals surface area contributed by atoms with Crippen molar-refractivity contribution in [1.29, 1.82) is 0 Å². The molecule has 0 aliphatic heterocycles. The molecule has 0 saturated heterocycles. The Hall–Kier alpha value is 0.170. The van der Waals surface area contributed by atoms with Gasteiger partial charge in [-0.1, -0.05) is 0 Å². The van der Waals surface area contributed by atoms with Gasteiger partial charge >= 0.3 is 84.9 Å². The first-order valence-electron chi connectivity index (χ1n) is 7.07. The predicted molar refractivity (Wildman–Crippen MR) is 90.0 cm³/mol. The maximum Gasteiger partial charge on any atom is -0.172 e. The minimum absolute atomic E-state index is 0. The van der Waals surface area contributed by atoms with Crippen LogP contribution in [0.2, 0.25) is 19.6 Å². The van der Waals surface area contributed by atoms with Gasteiger partial charge in [-0.05, 0) is 0 Å². The fraction of sp³-hybridized carbons (Fsp3) is 0.353. The smallest absolute Gasteiger partial charge is 0.172 e. The molecule has 2 rings (SSSR count). The van der Waals surface area contributed by atoms with Gasteiger partial charge in [0.1, 0.15) is 0 Å². The first-order chi connectivity index (χ1) is 9.95. The molecule has 0 saturated carbocycles. The van der Waals surface area contributed by atoms with Crippen LogP contribution in [0.5, 0.6) is 0 Å². The topological polar surface area (TPSA) is 18.5 Å². The number of ether oxygens (including phenoxy) is 1. The van der Waals surface area contributed by atoms with Crippen LogP contribution in [0.3, 0.4) is 0 Å². The molecule has 0 amide bonds. The van der Waals surface area contributed by atoms with E-state index in [1.807, 2.05) is 67.6 Å². The zero-order valence-corrected chi connectivity index (χ0v) is 19.2. The maximum atomic E-state index is 5.65. The monoisotopic (exact) mass is 450 g/mol. The van der Waals surface area contributed by atoms with E-state index in [1.54, 1.807) is 0 Å². The van der Waals surface area contributed by atoms with Gasteiger partial charge in [-0.15, -0.1) is 0 Å². The van der Waals surface area contributed by atoms with Crippen molar-refractivity contribution in [2.75, 3.05) is 6.61 Å². The quantitative estimate of drug-likeness (QED) is 0.308. The molecule has 2 aromatic rings. The van der Waals surface area contributed by atoms with Crippen molar-refractivity contribution in [2.45, 2.75) is 32.9 Å². The summed E-state index contributed by atoms with van der Waals surface area (Å²) in [5.74, 6) is 0. The van der Waals surface area contributed by atoms with Crippen molar-refractivity contribution >= 4 is 12.0 Å². The minimum Gasteiger partial charge on any atom is -1.00 e. The van der Waals surface area contributed by atoms with Crippen LogP contribution in [-0.2, 0) is 33.4 Å². The zero-order valence-electron chi connectivity index (χ0n) is 14.2. The SMILES string of the molecule is CC(OC[CH]=[Zr+2])O[Si](C)(C)C.[Cl-].[Cl-].c1cc[cH-]c1.c1cc[cH-]c1. The van der Waals surface area contributed by atoms with Gasteiger partial charge in [-0.2, -0.15) is 36.4 Å². The van der Waals surface area contributed by atoms with Gasteiger partial charge in [0.2, 0.25) is 0 Å². The number of hydrogen-bond donors (Lipinski definition) is 0. The molecule has 0 aliphatic carbocycles. The van der Waals surface area contributed by atoms with Crippen LogP contribution in [0.4, 0.5) is 0 Å². The minimum atomic E-state index is -1.40. The van der Waals surface area contributed by atoms with E-state index in [0.29, 0.717) is 6.61 Å². The fourth-order valence-electron chi connectivity index (χ4n) is 1.36. The van der Waals surface area contributed by atoms with E-state index in [9.17, 15) is 0 Å². The van der Waals surface area contributed by atoms with Crippen LogP contribution in [-0.4, -0.2) is 24.9 Å². The Morgan fingerprint density at radius 3 is 1.57 bits per heavy atom. The molecule has 2 nitrogen and oxygen atoms in total. The Balaban J connectivity index is -0.000000278. The first kappa shape index (κ1) is 28.0. The van der Waals surface area contributed by atoms with Crippen LogP contribution in [0.1, 0.15) is 6.92 Å². The third-order valence-corrected chi connectivity index (χ3v) is 3.49. The van der Waals surface area contributed by atoms with Gasteiger partial charge in [-0.3, -0.25) is 0 Å². The van der Waals surface area contributed by atoms with Crippen LogP contribution < -0.4 is 24.8 Å². The molecule has 0 heterocycles. The Morgan fingerprint density at radius 2 is 1.35 bits per heavy atom. The van der Waals surface area contributed by atoms with E-state index in [4.69, 9.17) is 9.16 Å². The van der Waals surface area contributed by atoms with E-state index < -0.39 is 8.32 Å². The molecule has 0 spiro atoms. The Morgan fingerprint density at radius 1 is 0.957 bits per heavy atom. The van der Waals surface area contributed by atoms with E-state index in [1.165, 1.54) is 24.2 Å². The van der Waals surface area contributed by atoms with Crippen LogP contribution in [0.25, 0.3) is 0 Å². The van der Waals surface area contributed by atoms with E-state index in [-0.39, 0.29) is 31.1 Å². The molecule has 130 valence electrons. The first-order valence-corrected chi connectivity index (χ1v) is 11.9. The maximum absolute atomic E-state index is 5.65. The Labute approximate surface area is 169 Å². The summed E-state index contributed by atoms with van der Waals surface area (Å²) in [7, 11) is -1.40. The second kappa shape index (κ2) is 18.5. The second-order valence-corrected chi connectivity index (χ2v) is 10.7. The third kappa shape index (κ3) is 24.5. The molecule has 0 bridgehead atoms.